The van der Waals surface area contributed by atoms with Crippen molar-refractivity contribution in [2.75, 3.05) is 13.9 Å². The Kier molecular flexibility index (Phi) is 4.92. The number of benzene rings is 2. The number of rotatable bonds is 4. The molecule has 2 aliphatic rings. The number of ether oxygens (including phenoxy) is 3. The van der Waals surface area contributed by atoms with Crippen molar-refractivity contribution in [1.29, 1.82) is 0 Å². The van der Waals surface area contributed by atoms with Gasteiger partial charge in [0.15, 0.2) is 17.3 Å². The van der Waals surface area contributed by atoms with Gasteiger partial charge in [-0.25, -0.2) is 4.79 Å². The van der Waals surface area contributed by atoms with E-state index in [1.165, 1.54) is 54.9 Å². The van der Waals surface area contributed by atoms with Crippen LogP contribution in [0.4, 0.5) is 18.0 Å². The lowest BCUT2D eigenvalue weighted by atomic mass is 9.77. The van der Waals surface area contributed by atoms with E-state index in [9.17, 15) is 27.9 Å². The zero-order valence-electron chi connectivity index (χ0n) is 16.0. The summed E-state index contributed by atoms with van der Waals surface area (Å²) in [5.74, 6) is -2.16. The molecule has 0 aromatic heterocycles. The van der Waals surface area contributed by atoms with Gasteiger partial charge in [0.25, 0.3) is 0 Å². The van der Waals surface area contributed by atoms with Gasteiger partial charge in [0.2, 0.25) is 12.5 Å². The predicted octanol–water partition coefficient (Wildman–Crippen LogP) is 2.53. The number of aliphatic hydroxyl groups is 1. The summed E-state index contributed by atoms with van der Waals surface area (Å²) in [6, 6.07) is 6.81. The van der Waals surface area contributed by atoms with Gasteiger partial charge in [0, 0.05) is 5.56 Å². The Morgan fingerprint density at radius 1 is 1.16 bits per heavy atom. The average molecular weight is 438 g/mol. The molecule has 2 heterocycles. The van der Waals surface area contributed by atoms with Crippen LogP contribution in [0.2, 0.25) is 0 Å². The fraction of sp³-hybridized carbons (Fsp3) is 0.300. The van der Waals surface area contributed by atoms with Crippen LogP contribution in [-0.2, 0) is 0 Å². The van der Waals surface area contributed by atoms with E-state index < -0.39 is 35.7 Å². The zero-order chi connectivity index (χ0) is 22.4. The molecule has 3 N–H and O–H groups in total. The standard InChI is InChI=1S/C20H17F3N2O6/c1-29-12-5-2-10(3-6-12)17(26)15-16(11-4-7-13-14(8-11)31-9-30-13)24-18(27)25-19(15,28)20(21,22)23/h2-8,15-16,28H,9H2,1H3,(H2,24,25,27)/t15-,16+,19-/m1/s1. The Balaban J connectivity index is 1.82. The molecule has 3 atom stereocenters. The van der Waals surface area contributed by atoms with Crippen molar-refractivity contribution >= 4 is 11.8 Å². The minimum absolute atomic E-state index is 0.0714. The van der Waals surface area contributed by atoms with Crippen LogP contribution >= 0.6 is 0 Å². The highest BCUT2D eigenvalue weighted by molar-refractivity contribution is 6.00. The number of amides is 2. The van der Waals surface area contributed by atoms with E-state index in [0.717, 1.165) is 0 Å². The third kappa shape index (κ3) is 3.50. The number of carbonyl (C=O) groups excluding carboxylic acids is 2. The molecule has 0 radical (unpaired) electrons. The third-order valence-electron chi connectivity index (χ3n) is 5.22. The van der Waals surface area contributed by atoms with Crippen LogP contribution in [0.5, 0.6) is 17.2 Å². The fourth-order valence-corrected chi connectivity index (χ4v) is 3.66. The number of methoxy groups -OCH3 is 1. The summed E-state index contributed by atoms with van der Waals surface area (Å²) in [6.07, 6.45) is -5.34. The van der Waals surface area contributed by atoms with Crippen molar-refractivity contribution in [1.82, 2.24) is 10.6 Å². The van der Waals surface area contributed by atoms with Gasteiger partial charge < -0.3 is 30.0 Å². The largest absolute Gasteiger partial charge is 0.497 e. The van der Waals surface area contributed by atoms with Crippen molar-refractivity contribution in [3.05, 3.63) is 53.6 Å². The molecule has 31 heavy (non-hydrogen) atoms. The highest BCUT2D eigenvalue weighted by Gasteiger charge is 2.66. The smallest absolute Gasteiger partial charge is 0.437 e. The number of ketones is 1. The van der Waals surface area contributed by atoms with Crippen LogP contribution in [0, 0.1) is 5.92 Å². The van der Waals surface area contributed by atoms with Crippen molar-refractivity contribution < 1.29 is 42.1 Å². The van der Waals surface area contributed by atoms with Crippen molar-refractivity contribution in [3.63, 3.8) is 0 Å². The van der Waals surface area contributed by atoms with E-state index in [2.05, 4.69) is 5.32 Å². The van der Waals surface area contributed by atoms with Crippen molar-refractivity contribution in [2.24, 2.45) is 5.92 Å². The molecule has 2 aromatic carbocycles. The number of alkyl halides is 3. The van der Waals surface area contributed by atoms with E-state index in [1.54, 1.807) is 0 Å². The second kappa shape index (κ2) is 7.34. The van der Waals surface area contributed by atoms with Gasteiger partial charge in [-0.3, -0.25) is 4.79 Å². The molecule has 0 spiro atoms. The molecule has 0 saturated carbocycles. The molecule has 2 aromatic rings. The Morgan fingerprint density at radius 2 is 1.84 bits per heavy atom. The summed E-state index contributed by atoms with van der Waals surface area (Å²) in [6.45, 7) is -0.0714. The van der Waals surface area contributed by atoms with Crippen LogP contribution in [0.3, 0.4) is 0 Å². The molecular formula is C20H17F3N2O6. The summed E-state index contributed by atoms with van der Waals surface area (Å²) in [4.78, 5) is 25.3. The van der Waals surface area contributed by atoms with E-state index in [4.69, 9.17) is 14.2 Å². The Bertz CT molecular complexity index is 1030. The number of urea groups is 1. The van der Waals surface area contributed by atoms with E-state index in [0.29, 0.717) is 11.5 Å². The van der Waals surface area contributed by atoms with Gasteiger partial charge in [-0.1, -0.05) is 6.07 Å². The topological polar surface area (TPSA) is 106 Å². The van der Waals surface area contributed by atoms with Gasteiger partial charge >= 0.3 is 12.2 Å². The predicted molar refractivity (Wildman–Crippen MR) is 98.8 cm³/mol. The molecule has 0 unspecified atom stereocenters. The monoisotopic (exact) mass is 438 g/mol. The molecule has 0 aliphatic carbocycles. The first-order chi connectivity index (χ1) is 14.6. The summed E-state index contributed by atoms with van der Waals surface area (Å²) in [5, 5.41) is 14.4. The van der Waals surface area contributed by atoms with Gasteiger partial charge in [-0.2, -0.15) is 13.2 Å². The maximum absolute atomic E-state index is 13.9. The normalized spacial score (nSPS) is 24.9. The van der Waals surface area contributed by atoms with Crippen LogP contribution in [0.25, 0.3) is 0 Å². The second-order valence-corrected chi connectivity index (χ2v) is 7.02. The SMILES string of the molecule is COc1ccc(C(=O)[C@H]2[C@H](c3ccc4c(c3)OCO4)NC(=O)N[C@]2(O)C(F)(F)F)cc1. The van der Waals surface area contributed by atoms with Gasteiger partial charge in [-0.15, -0.1) is 0 Å². The van der Waals surface area contributed by atoms with E-state index >= 15 is 0 Å². The number of halogens is 3. The molecular weight excluding hydrogens is 421 g/mol. The molecule has 8 nitrogen and oxygen atoms in total. The van der Waals surface area contributed by atoms with E-state index in [1.807, 2.05) is 0 Å². The van der Waals surface area contributed by atoms with Gasteiger partial charge in [0.05, 0.1) is 13.2 Å². The molecule has 1 fully saturated rings. The number of hydrogen-bond donors (Lipinski definition) is 3. The molecule has 164 valence electrons. The van der Waals surface area contributed by atoms with Crippen LogP contribution in [-0.4, -0.2) is 42.7 Å². The highest BCUT2D eigenvalue weighted by Crippen LogP contribution is 2.45. The lowest BCUT2D eigenvalue weighted by molar-refractivity contribution is -0.287. The first-order valence-electron chi connectivity index (χ1n) is 9.09. The molecule has 1 saturated heterocycles. The first-order valence-corrected chi connectivity index (χ1v) is 9.09. The Labute approximate surface area is 173 Å². The maximum atomic E-state index is 13.9. The van der Waals surface area contributed by atoms with Gasteiger partial charge in [-0.05, 0) is 42.0 Å². The fourth-order valence-electron chi connectivity index (χ4n) is 3.66. The minimum atomic E-state index is -5.34. The number of hydrogen-bond acceptors (Lipinski definition) is 6. The lowest BCUT2D eigenvalue weighted by Gasteiger charge is -2.45. The highest BCUT2D eigenvalue weighted by atomic mass is 19.4. The lowest BCUT2D eigenvalue weighted by Crippen LogP contribution is -2.72. The van der Waals surface area contributed by atoms with Crippen LogP contribution in [0.1, 0.15) is 22.0 Å². The zero-order valence-corrected chi connectivity index (χ0v) is 16.0. The molecule has 0 bridgehead atoms. The Hall–Kier alpha value is -3.47. The second-order valence-electron chi connectivity index (χ2n) is 7.02. The summed E-state index contributed by atoms with van der Waals surface area (Å²) >= 11 is 0. The van der Waals surface area contributed by atoms with Crippen LogP contribution < -0.4 is 24.8 Å². The number of nitrogens with one attached hydrogen (secondary N) is 2. The van der Waals surface area contributed by atoms with Crippen LogP contribution in [0.15, 0.2) is 42.5 Å². The summed E-state index contributed by atoms with van der Waals surface area (Å²) < 4.78 is 57.3. The maximum Gasteiger partial charge on any atom is 0.437 e. The first kappa shape index (κ1) is 20.8. The molecule has 2 amide bonds. The third-order valence-corrected chi connectivity index (χ3v) is 5.22. The number of Topliss-reactive ketones (excluding diaryl/α,β-unsaturated/α-hetero) is 1. The Morgan fingerprint density at radius 3 is 2.48 bits per heavy atom. The number of fused-ring (bicyclic) bond motifs is 1. The summed E-state index contributed by atoms with van der Waals surface area (Å²) in [5.41, 5.74) is -3.78. The molecule has 4 rings (SSSR count). The molecule has 2 aliphatic heterocycles. The van der Waals surface area contributed by atoms with Crippen molar-refractivity contribution in [2.45, 2.75) is 17.9 Å². The van der Waals surface area contributed by atoms with Gasteiger partial charge in [0.1, 0.15) is 11.7 Å². The number of carbonyl (C=O) groups is 2. The quantitative estimate of drug-likeness (QED) is 0.634. The van der Waals surface area contributed by atoms with E-state index in [-0.39, 0.29) is 23.7 Å². The molecule has 11 heteroatoms. The minimum Gasteiger partial charge on any atom is -0.497 e. The van der Waals surface area contributed by atoms with Crippen molar-refractivity contribution in [3.8, 4) is 17.2 Å². The summed E-state index contributed by atoms with van der Waals surface area (Å²) in [7, 11) is 1.40. The average Bonchev–Trinajstić information content (AvgIpc) is 3.20.